The van der Waals surface area contributed by atoms with Crippen molar-refractivity contribution < 1.29 is 0 Å². The summed E-state index contributed by atoms with van der Waals surface area (Å²) in [6.07, 6.45) is 10.4. The predicted octanol–water partition coefficient (Wildman–Crippen LogP) is 15.5. The van der Waals surface area contributed by atoms with Gasteiger partial charge in [-0.15, -0.1) is 6.58 Å². The lowest BCUT2D eigenvalue weighted by atomic mass is 10.0. The fraction of sp³-hybridized carbons (Fsp3) is 0.0500. The summed E-state index contributed by atoms with van der Waals surface area (Å²) in [5, 5.41) is 9.14. The van der Waals surface area contributed by atoms with E-state index in [0.29, 0.717) is 17.7 Å². The maximum atomic E-state index is 5.63. The number of nitrogens with one attached hydrogen (secondary N) is 1. The van der Waals surface area contributed by atoms with Crippen molar-refractivity contribution >= 4 is 92.9 Å². The summed E-state index contributed by atoms with van der Waals surface area (Å²) in [5.74, 6) is 1.64. The van der Waals surface area contributed by atoms with Gasteiger partial charge in [0.25, 0.3) is 0 Å². The first kappa shape index (κ1) is 38.6. The molecule has 0 saturated heterocycles. The molecule has 13 aromatic rings. The molecule has 0 atom stereocenters. The molecule has 0 amide bonds. The summed E-state index contributed by atoms with van der Waals surface area (Å²) in [5.41, 5.74) is 12.7. The first-order valence-corrected chi connectivity index (χ1v) is 22.9. The first-order chi connectivity index (χ1) is 33.1. The van der Waals surface area contributed by atoms with Crippen LogP contribution in [0, 0.1) is 0 Å². The number of benzene rings is 8. The van der Waals surface area contributed by atoms with Crippen molar-refractivity contribution in [3.63, 3.8) is 0 Å². The SMILES string of the molecule is C=CCC/C=C\C=C(/C)n1c2ccccc2c2ccc3c4ccccc4n(-c4nc(-c5ccc(-c6ccccc6)cc5)nc(-n5c6ccccc6c6ccc7c8ccccc8[nH]c7c65)n4)c3c21. The van der Waals surface area contributed by atoms with E-state index in [1.807, 2.05) is 12.1 Å². The summed E-state index contributed by atoms with van der Waals surface area (Å²) in [4.78, 5) is 20.4. The van der Waals surface area contributed by atoms with Gasteiger partial charge in [-0.25, -0.2) is 0 Å². The Kier molecular flexibility index (Phi) is 8.89. The highest BCUT2D eigenvalue weighted by Crippen LogP contribution is 2.43. The van der Waals surface area contributed by atoms with Gasteiger partial charge in [-0.3, -0.25) is 9.13 Å². The molecule has 5 aromatic heterocycles. The largest absolute Gasteiger partial charge is 0.353 e. The minimum absolute atomic E-state index is 0.531. The number of allylic oxidation sites excluding steroid dienone is 5. The highest BCUT2D eigenvalue weighted by atomic mass is 15.3. The van der Waals surface area contributed by atoms with Crippen molar-refractivity contribution in [2.45, 2.75) is 19.8 Å². The number of unbranched alkanes of at least 4 members (excludes halogenated alkanes) is 1. The molecule has 0 fully saturated rings. The number of hydrogen-bond acceptors (Lipinski definition) is 3. The summed E-state index contributed by atoms with van der Waals surface area (Å²) in [7, 11) is 0. The molecule has 0 aliphatic carbocycles. The predicted molar refractivity (Wildman–Crippen MR) is 280 cm³/mol. The quantitative estimate of drug-likeness (QED) is 0.0893. The van der Waals surface area contributed by atoms with Gasteiger partial charge in [-0.1, -0.05) is 170 Å². The molecule has 8 aromatic carbocycles. The lowest BCUT2D eigenvalue weighted by molar-refractivity contribution is 0.893. The summed E-state index contributed by atoms with van der Waals surface area (Å²) >= 11 is 0. The van der Waals surface area contributed by atoms with Gasteiger partial charge in [0.2, 0.25) is 11.9 Å². The van der Waals surface area contributed by atoms with E-state index in [1.165, 1.54) is 10.8 Å². The average molecular weight is 862 g/mol. The van der Waals surface area contributed by atoms with Crippen LogP contribution in [0.1, 0.15) is 19.8 Å². The van der Waals surface area contributed by atoms with Gasteiger partial charge in [0.05, 0.1) is 38.6 Å². The third kappa shape index (κ3) is 6.01. The van der Waals surface area contributed by atoms with Crippen LogP contribution in [0.2, 0.25) is 0 Å². The van der Waals surface area contributed by atoms with E-state index in [2.05, 4.69) is 220 Å². The molecule has 0 aliphatic heterocycles. The average Bonchev–Trinajstić information content (AvgIpc) is 4.13. The third-order valence-corrected chi connectivity index (χ3v) is 13.4. The van der Waals surface area contributed by atoms with Gasteiger partial charge in [0.1, 0.15) is 0 Å². The molecule has 0 aliphatic rings. The molecule has 7 heteroatoms. The van der Waals surface area contributed by atoms with E-state index in [9.17, 15) is 0 Å². The Morgan fingerprint density at radius 1 is 0.478 bits per heavy atom. The summed E-state index contributed by atoms with van der Waals surface area (Å²) < 4.78 is 6.92. The zero-order valence-corrected chi connectivity index (χ0v) is 36.9. The molecule has 0 saturated carbocycles. The zero-order chi connectivity index (χ0) is 44.6. The van der Waals surface area contributed by atoms with E-state index in [1.54, 1.807) is 0 Å². The van der Waals surface area contributed by atoms with Crippen molar-refractivity contribution in [2.24, 2.45) is 0 Å². The minimum atomic E-state index is 0.531. The van der Waals surface area contributed by atoms with Crippen LogP contribution < -0.4 is 0 Å². The maximum Gasteiger partial charge on any atom is 0.240 e. The Bertz CT molecular complexity index is 4180. The van der Waals surface area contributed by atoms with Gasteiger partial charge in [-0.2, -0.15) is 15.0 Å². The Balaban J connectivity index is 1.15. The Labute approximate surface area is 385 Å². The van der Waals surface area contributed by atoms with Crippen LogP contribution in [0.5, 0.6) is 0 Å². The highest BCUT2D eigenvalue weighted by molar-refractivity contribution is 6.25. The second kappa shape index (κ2) is 15.4. The highest BCUT2D eigenvalue weighted by Gasteiger charge is 2.25. The number of para-hydroxylation sites is 4. The van der Waals surface area contributed by atoms with Gasteiger partial charge in [0.15, 0.2) is 5.82 Å². The molecule has 5 heterocycles. The smallest absolute Gasteiger partial charge is 0.240 e. The van der Waals surface area contributed by atoms with Crippen molar-refractivity contribution in [1.29, 1.82) is 0 Å². The van der Waals surface area contributed by atoms with Crippen LogP contribution in [-0.2, 0) is 0 Å². The second-order valence-corrected chi connectivity index (χ2v) is 17.3. The fourth-order valence-electron chi connectivity index (χ4n) is 10.4. The molecule has 13 rings (SSSR count). The van der Waals surface area contributed by atoms with Crippen LogP contribution in [0.25, 0.3) is 127 Å². The van der Waals surface area contributed by atoms with Crippen LogP contribution >= 0.6 is 0 Å². The monoisotopic (exact) mass is 861 g/mol. The number of aromatic amines is 1. The van der Waals surface area contributed by atoms with E-state index in [0.717, 1.165) is 112 Å². The maximum absolute atomic E-state index is 5.63. The second-order valence-electron chi connectivity index (χ2n) is 17.3. The van der Waals surface area contributed by atoms with Gasteiger partial charge in [-0.05, 0) is 61.2 Å². The van der Waals surface area contributed by atoms with Crippen molar-refractivity contribution in [3.8, 4) is 34.4 Å². The molecular weight excluding hydrogens is 819 g/mol. The Morgan fingerprint density at radius 2 is 1.00 bits per heavy atom. The third-order valence-electron chi connectivity index (χ3n) is 13.4. The fourth-order valence-corrected chi connectivity index (χ4v) is 10.4. The molecule has 7 nitrogen and oxygen atoms in total. The van der Waals surface area contributed by atoms with E-state index in [4.69, 9.17) is 15.0 Å². The van der Waals surface area contributed by atoms with Gasteiger partial charge >= 0.3 is 0 Å². The van der Waals surface area contributed by atoms with Gasteiger partial charge in [0, 0.05) is 59.9 Å². The van der Waals surface area contributed by atoms with E-state index in [-0.39, 0.29) is 0 Å². The Morgan fingerprint density at radius 3 is 1.69 bits per heavy atom. The molecule has 67 heavy (non-hydrogen) atoms. The van der Waals surface area contributed by atoms with Crippen LogP contribution in [-0.4, -0.2) is 33.6 Å². The molecule has 0 unspecified atom stereocenters. The van der Waals surface area contributed by atoms with E-state index < -0.39 is 0 Å². The zero-order valence-electron chi connectivity index (χ0n) is 36.9. The number of rotatable bonds is 9. The number of H-pyrrole nitrogens is 1. The number of fused-ring (bicyclic) bond motifs is 14. The van der Waals surface area contributed by atoms with Crippen molar-refractivity contribution in [2.75, 3.05) is 0 Å². The molecular formula is C60H43N7. The molecule has 0 radical (unpaired) electrons. The topological polar surface area (TPSA) is 69.2 Å². The number of hydrogen-bond donors (Lipinski definition) is 1. The molecule has 1 N–H and O–H groups in total. The Hall–Kier alpha value is -8.81. The molecule has 318 valence electrons. The first-order valence-electron chi connectivity index (χ1n) is 22.9. The van der Waals surface area contributed by atoms with Gasteiger partial charge < -0.3 is 9.55 Å². The van der Waals surface area contributed by atoms with Crippen LogP contribution in [0.4, 0.5) is 0 Å². The molecule has 0 spiro atoms. The van der Waals surface area contributed by atoms with Crippen molar-refractivity contribution in [3.05, 3.63) is 207 Å². The summed E-state index contributed by atoms with van der Waals surface area (Å²) in [6.45, 7) is 6.11. The van der Waals surface area contributed by atoms with Crippen LogP contribution in [0.15, 0.2) is 207 Å². The lowest BCUT2D eigenvalue weighted by Gasteiger charge is -2.14. The minimum Gasteiger partial charge on any atom is -0.353 e. The lowest BCUT2D eigenvalue weighted by Crippen LogP contribution is -2.10. The molecule has 0 bridgehead atoms. The van der Waals surface area contributed by atoms with Crippen molar-refractivity contribution in [1.82, 2.24) is 33.6 Å². The van der Waals surface area contributed by atoms with Crippen LogP contribution in [0.3, 0.4) is 0 Å². The number of nitrogens with zero attached hydrogens (tertiary/aromatic N) is 6. The normalized spacial score (nSPS) is 12.5. The standard InChI is InChI=1S/C60H43N7/c1-3-4-5-6-8-19-38(2)65-51-27-16-12-24-44(51)48-36-37-49-45-25-14-18-29-53(45)67(57(49)56(48)65)60-63-58(41-32-30-40(31-33-41)39-20-9-7-10-21-39)62-59(64-60)66-52-28-17-13-23-43(52)47-35-34-46-42-22-11-15-26-50(42)61-54(46)55(47)66/h3,6-37,61H,1,4-5H2,2H3/b8-6-,38-19+. The van der Waals surface area contributed by atoms with E-state index >= 15 is 0 Å². The summed E-state index contributed by atoms with van der Waals surface area (Å²) in [6, 6.07) is 62.5. The number of aromatic nitrogens is 7.